The zero-order valence-corrected chi connectivity index (χ0v) is 9.13. The molecule has 0 unspecified atom stereocenters. The monoisotopic (exact) mass is 249 g/mol. The average molecular weight is 249 g/mol. The summed E-state index contributed by atoms with van der Waals surface area (Å²) in [6.45, 7) is 0.186. The molecule has 0 saturated heterocycles. The van der Waals surface area contributed by atoms with Crippen LogP contribution in [0.2, 0.25) is 0 Å². The van der Waals surface area contributed by atoms with Crippen molar-refractivity contribution in [2.75, 3.05) is 13.2 Å². The molecule has 3 nitrogen and oxygen atoms in total. The molecule has 1 aromatic carbocycles. The number of rotatable bonds is 5. The van der Waals surface area contributed by atoms with E-state index in [9.17, 15) is 13.2 Å². The Hall–Kier alpha value is -1.27. The zero-order valence-electron chi connectivity index (χ0n) is 9.13. The van der Waals surface area contributed by atoms with E-state index in [1.165, 1.54) is 6.07 Å². The minimum Gasteiger partial charge on any atom is -0.493 e. The summed E-state index contributed by atoms with van der Waals surface area (Å²) >= 11 is 0. The summed E-state index contributed by atoms with van der Waals surface area (Å²) in [5, 5.41) is 8.57. The maximum absolute atomic E-state index is 12.4. The number of hydrogen-bond acceptors (Lipinski definition) is 3. The molecule has 0 aliphatic rings. The van der Waals surface area contributed by atoms with Crippen molar-refractivity contribution >= 4 is 0 Å². The van der Waals surface area contributed by atoms with E-state index in [0.29, 0.717) is 17.7 Å². The first kappa shape index (κ1) is 13.8. The van der Waals surface area contributed by atoms with E-state index in [1.807, 2.05) is 0 Å². The highest BCUT2D eigenvalue weighted by molar-refractivity contribution is 5.38. The van der Waals surface area contributed by atoms with E-state index < -0.39 is 11.7 Å². The number of benzene rings is 1. The predicted molar refractivity (Wildman–Crippen MR) is 56.5 cm³/mol. The fraction of sp³-hybridized carbons (Fsp3) is 0.455. The minimum absolute atomic E-state index is 0.0292. The smallest absolute Gasteiger partial charge is 0.416 e. The van der Waals surface area contributed by atoms with Crippen molar-refractivity contribution < 1.29 is 23.0 Å². The van der Waals surface area contributed by atoms with Crippen molar-refractivity contribution in [3.05, 3.63) is 29.3 Å². The molecular weight excluding hydrogens is 235 g/mol. The SMILES string of the molecule is NCc1cc(C(F)(F)F)ccc1OCCCO. The first-order chi connectivity index (χ1) is 7.99. The molecule has 0 bridgehead atoms. The molecule has 96 valence electrons. The van der Waals surface area contributed by atoms with Crippen molar-refractivity contribution in [1.29, 1.82) is 0 Å². The minimum atomic E-state index is -4.38. The van der Waals surface area contributed by atoms with E-state index in [1.54, 1.807) is 0 Å². The lowest BCUT2D eigenvalue weighted by molar-refractivity contribution is -0.137. The maximum atomic E-state index is 12.4. The van der Waals surface area contributed by atoms with Crippen molar-refractivity contribution in [2.24, 2.45) is 5.73 Å². The number of halogens is 3. The molecule has 3 N–H and O–H groups in total. The summed E-state index contributed by atoms with van der Waals surface area (Å²) in [7, 11) is 0. The Kier molecular flexibility index (Phi) is 4.77. The van der Waals surface area contributed by atoms with Crippen LogP contribution in [-0.4, -0.2) is 18.3 Å². The molecule has 17 heavy (non-hydrogen) atoms. The van der Waals surface area contributed by atoms with Gasteiger partial charge < -0.3 is 15.6 Å². The van der Waals surface area contributed by atoms with Crippen LogP contribution in [0.4, 0.5) is 13.2 Å². The molecule has 0 aliphatic carbocycles. The van der Waals surface area contributed by atoms with Gasteiger partial charge in [0.1, 0.15) is 5.75 Å². The topological polar surface area (TPSA) is 55.5 Å². The van der Waals surface area contributed by atoms with Gasteiger partial charge in [-0.1, -0.05) is 0 Å². The second-order valence-electron chi connectivity index (χ2n) is 3.45. The summed E-state index contributed by atoms with van der Waals surface area (Å²) < 4.78 is 42.5. The van der Waals surface area contributed by atoms with Gasteiger partial charge in [0.25, 0.3) is 0 Å². The Labute approximate surface area is 97.0 Å². The highest BCUT2D eigenvalue weighted by Gasteiger charge is 2.30. The summed E-state index contributed by atoms with van der Waals surface area (Å²) in [6, 6.07) is 3.18. The maximum Gasteiger partial charge on any atom is 0.416 e. The fourth-order valence-corrected chi connectivity index (χ4v) is 1.30. The first-order valence-corrected chi connectivity index (χ1v) is 5.13. The number of alkyl halides is 3. The van der Waals surface area contributed by atoms with Gasteiger partial charge in [0, 0.05) is 25.1 Å². The Morgan fingerprint density at radius 3 is 2.53 bits per heavy atom. The second-order valence-corrected chi connectivity index (χ2v) is 3.45. The Morgan fingerprint density at radius 2 is 2.00 bits per heavy atom. The molecule has 6 heteroatoms. The van der Waals surface area contributed by atoms with Gasteiger partial charge in [0.05, 0.1) is 12.2 Å². The van der Waals surface area contributed by atoms with Crippen LogP contribution in [0.3, 0.4) is 0 Å². The standard InChI is InChI=1S/C11H14F3NO2/c12-11(13,14)9-2-3-10(8(6-9)7-15)17-5-1-4-16/h2-3,6,16H,1,4-5,7,15H2. The van der Waals surface area contributed by atoms with E-state index in [2.05, 4.69) is 0 Å². The first-order valence-electron chi connectivity index (χ1n) is 5.13. The van der Waals surface area contributed by atoms with Crippen LogP contribution in [0, 0.1) is 0 Å². The quantitative estimate of drug-likeness (QED) is 0.784. The lowest BCUT2D eigenvalue weighted by Gasteiger charge is -2.13. The Morgan fingerprint density at radius 1 is 1.29 bits per heavy atom. The molecule has 0 spiro atoms. The van der Waals surface area contributed by atoms with Crippen LogP contribution in [0.1, 0.15) is 17.5 Å². The molecule has 0 radical (unpaired) electrons. The lowest BCUT2D eigenvalue weighted by Crippen LogP contribution is -2.09. The Balaban J connectivity index is 2.86. The van der Waals surface area contributed by atoms with Gasteiger partial charge in [0.2, 0.25) is 0 Å². The molecule has 0 saturated carbocycles. The predicted octanol–water partition coefficient (Wildman–Crippen LogP) is 1.93. The van der Waals surface area contributed by atoms with Crippen LogP contribution >= 0.6 is 0 Å². The van der Waals surface area contributed by atoms with Crippen molar-refractivity contribution in [3.8, 4) is 5.75 Å². The van der Waals surface area contributed by atoms with Gasteiger partial charge >= 0.3 is 6.18 Å². The van der Waals surface area contributed by atoms with Crippen LogP contribution < -0.4 is 10.5 Å². The molecular formula is C11H14F3NO2. The number of ether oxygens (including phenoxy) is 1. The van der Waals surface area contributed by atoms with E-state index in [-0.39, 0.29) is 19.8 Å². The summed E-state index contributed by atoms with van der Waals surface area (Å²) in [5.74, 6) is 0.328. The largest absolute Gasteiger partial charge is 0.493 e. The van der Waals surface area contributed by atoms with E-state index in [4.69, 9.17) is 15.6 Å². The highest BCUT2D eigenvalue weighted by Crippen LogP contribution is 2.32. The second kappa shape index (κ2) is 5.88. The summed E-state index contributed by atoms with van der Waals surface area (Å²) in [4.78, 5) is 0. The molecule has 0 amide bonds. The van der Waals surface area contributed by atoms with Gasteiger partial charge in [-0.15, -0.1) is 0 Å². The van der Waals surface area contributed by atoms with Crippen LogP contribution in [0.25, 0.3) is 0 Å². The van der Waals surface area contributed by atoms with Gasteiger partial charge in [-0.3, -0.25) is 0 Å². The van der Waals surface area contributed by atoms with Crippen LogP contribution in [-0.2, 0) is 12.7 Å². The van der Waals surface area contributed by atoms with Crippen LogP contribution in [0.15, 0.2) is 18.2 Å². The molecule has 0 heterocycles. The van der Waals surface area contributed by atoms with Crippen molar-refractivity contribution in [3.63, 3.8) is 0 Å². The third kappa shape index (κ3) is 3.90. The third-order valence-corrected chi connectivity index (χ3v) is 2.17. The average Bonchev–Trinajstić information content (AvgIpc) is 2.28. The summed E-state index contributed by atoms with van der Waals surface area (Å²) in [6.07, 6.45) is -3.96. The summed E-state index contributed by atoms with van der Waals surface area (Å²) in [5.41, 5.74) is 4.93. The van der Waals surface area contributed by atoms with Crippen molar-refractivity contribution in [1.82, 2.24) is 0 Å². The van der Waals surface area contributed by atoms with Gasteiger partial charge in [-0.2, -0.15) is 13.2 Å². The number of aliphatic hydroxyl groups excluding tert-OH is 1. The Bertz CT molecular complexity index is 366. The molecule has 1 rings (SSSR count). The normalized spacial score (nSPS) is 11.6. The third-order valence-electron chi connectivity index (χ3n) is 2.17. The molecule has 0 aromatic heterocycles. The van der Waals surface area contributed by atoms with Gasteiger partial charge in [-0.05, 0) is 18.2 Å². The van der Waals surface area contributed by atoms with Crippen molar-refractivity contribution in [2.45, 2.75) is 19.1 Å². The van der Waals surface area contributed by atoms with Gasteiger partial charge in [-0.25, -0.2) is 0 Å². The van der Waals surface area contributed by atoms with E-state index >= 15 is 0 Å². The molecule has 0 fully saturated rings. The van der Waals surface area contributed by atoms with Gasteiger partial charge in [0.15, 0.2) is 0 Å². The molecule has 0 aliphatic heterocycles. The fourth-order valence-electron chi connectivity index (χ4n) is 1.30. The molecule has 1 aromatic rings. The van der Waals surface area contributed by atoms with Crippen LogP contribution in [0.5, 0.6) is 5.75 Å². The van der Waals surface area contributed by atoms with E-state index in [0.717, 1.165) is 12.1 Å². The molecule has 0 atom stereocenters. The zero-order chi connectivity index (χ0) is 12.9. The number of aliphatic hydroxyl groups is 1. The number of hydrogen-bond donors (Lipinski definition) is 2. The lowest BCUT2D eigenvalue weighted by atomic mass is 10.1. The number of nitrogens with two attached hydrogens (primary N) is 1. The highest BCUT2D eigenvalue weighted by atomic mass is 19.4.